The normalized spacial score (nSPS) is 12.3. The zero-order valence-electron chi connectivity index (χ0n) is 74.9. The van der Waals surface area contributed by atoms with Crippen LogP contribution in [0, 0.1) is 6.92 Å². The number of methoxy groups -OCH3 is 1. The average Bonchev–Trinajstić information content (AvgIpc) is 1.20. The first kappa shape index (κ1) is 96.3. The van der Waals surface area contributed by atoms with E-state index >= 15 is 0 Å². The zero-order chi connectivity index (χ0) is 95.9. The van der Waals surface area contributed by atoms with Gasteiger partial charge in [0.25, 0.3) is 63.7 Å². The second kappa shape index (κ2) is 44.2. The third-order valence-corrected chi connectivity index (χ3v) is 27.8. The van der Waals surface area contributed by atoms with Gasteiger partial charge < -0.3 is 31.0 Å². The number of hydrogen-bond acceptors (Lipinski definition) is 20. The fraction of sp³-hybridized carbons (Fsp3) is 0.155. The van der Waals surface area contributed by atoms with Gasteiger partial charge >= 0.3 is 0 Å². The first-order valence-corrected chi connectivity index (χ1v) is 49.6. The summed E-state index contributed by atoms with van der Waals surface area (Å²) < 4.78 is 121. The number of hydrogen-bond donors (Lipinski definition) is 9. The Bertz CT molecular complexity index is 7610. The number of benzene rings is 9. The van der Waals surface area contributed by atoms with E-state index in [1.807, 2.05) is 89.2 Å². The Morgan fingerprint density at radius 2 is 0.669 bits per heavy atom. The van der Waals surface area contributed by atoms with Crippen molar-refractivity contribution in [3.63, 3.8) is 0 Å². The summed E-state index contributed by atoms with van der Waals surface area (Å²) in [5, 5.41) is 16.0. The number of sulfonamides is 4. The Labute approximate surface area is 788 Å². The highest BCUT2D eigenvalue weighted by Crippen LogP contribution is 2.33. The van der Waals surface area contributed by atoms with E-state index in [1.165, 1.54) is 31.4 Å². The molecule has 4 atom stereocenters. The van der Waals surface area contributed by atoms with E-state index in [-0.39, 0.29) is 106 Å². The van der Waals surface area contributed by atoms with E-state index in [4.69, 9.17) is 4.74 Å². The predicted octanol–water partition coefficient (Wildman–Crippen LogP) is 18.4. The summed E-state index contributed by atoms with van der Waals surface area (Å²) in [6, 6.07) is 80.8. The number of aromatic amines is 1. The van der Waals surface area contributed by atoms with Gasteiger partial charge in [0.2, 0.25) is 5.88 Å². The molecule has 0 aliphatic heterocycles. The topological polar surface area (TPSA) is 416 Å². The molecule has 9 aromatic carbocycles. The lowest BCUT2D eigenvalue weighted by Crippen LogP contribution is -2.36. The second-order valence-electron chi connectivity index (χ2n) is 31.5. The molecule has 8 aromatic heterocycles. The number of amides is 4. The monoisotopic (exact) mass is 1890 g/mol. The Balaban J connectivity index is 0.000000145. The van der Waals surface area contributed by atoms with Gasteiger partial charge in [-0.25, -0.2) is 38.7 Å². The summed E-state index contributed by atoms with van der Waals surface area (Å²) in [7, 11) is -14.4. The molecule has 33 heteroatoms. The third-order valence-electron chi connectivity index (χ3n) is 22.3. The van der Waals surface area contributed by atoms with E-state index in [0.717, 1.165) is 51.8 Å². The minimum atomic E-state index is -4.01. The summed E-state index contributed by atoms with van der Waals surface area (Å²) in [4.78, 5) is 85.8. The van der Waals surface area contributed by atoms with Crippen LogP contribution in [0.5, 0.6) is 5.88 Å². The number of carbonyl (C=O) groups excluding carboxylic acids is 4. The molecular weight excluding hydrogens is 1800 g/mol. The highest BCUT2D eigenvalue weighted by molar-refractivity contribution is 7.94. The smallest absolute Gasteiger partial charge is 0.264 e. The number of carbonyl (C=O) groups is 4. The molecule has 0 fully saturated rings. The van der Waals surface area contributed by atoms with Crippen molar-refractivity contribution < 1.29 is 57.6 Å². The Kier molecular flexibility index (Phi) is 31.3. The molecule has 0 aliphatic rings. The minimum Gasteiger partial charge on any atom is -0.481 e. The number of nitrogens with zero attached hydrogens (tertiary/aromatic N) is 7. The summed E-state index contributed by atoms with van der Waals surface area (Å²) in [5.41, 5.74) is 8.89. The van der Waals surface area contributed by atoms with Crippen LogP contribution >= 0.6 is 0 Å². The maximum absolute atomic E-state index is 13.3. The first-order valence-electron chi connectivity index (χ1n) is 43.7. The van der Waals surface area contributed by atoms with Crippen LogP contribution in [0.15, 0.2) is 354 Å². The van der Waals surface area contributed by atoms with Crippen LogP contribution in [0.3, 0.4) is 0 Å². The van der Waals surface area contributed by atoms with Crippen molar-refractivity contribution in [3.8, 4) is 5.88 Å². The molecule has 0 aliphatic carbocycles. The van der Waals surface area contributed by atoms with Gasteiger partial charge in [-0.1, -0.05) is 185 Å². The van der Waals surface area contributed by atoms with Gasteiger partial charge in [0, 0.05) is 113 Å². The fourth-order valence-corrected chi connectivity index (χ4v) is 20.2. The van der Waals surface area contributed by atoms with Gasteiger partial charge in [0.05, 0.1) is 86.3 Å². The quantitative estimate of drug-likeness (QED) is 0.0195. The SMILES string of the molecule is CCC(Cc1cc2ccccc2[nH]1)NC(=O)c1ccccc1NS(=O)(=O)c1cccc2cccnc12.CCC(Cc1cccnc1)NC(=O)c1ccccc1NS(=O)(=O)c1cccc2cccnc12.CCC(NC(=O)c1ccccc1NS(=O)(=O)c1cccc2cccnc12)c1ccc(C)nc1.CCC(NC(=O)c1ccccc1NS(=O)(=O)c1cccc2cccnc12)c1ccc(OC)nc1. The number of anilines is 4. The van der Waals surface area contributed by atoms with Crippen molar-refractivity contribution in [2.75, 3.05) is 26.0 Å². The van der Waals surface area contributed by atoms with Gasteiger partial charge in [0.15, 0.2) is 0 Å². The molecule has 4 unspecified atom stereocenters. The van der Waals surface area contributed by atoms with Gasteiger partial charge in [-0.3, -0.25) is 68.0 Å². The van der Waals surface area contributed by atoms with Crippen molar-refractivity contribution in [3.05, 3.63) is 385 Å². The summed E-state index contributed by atoms with van der Waals surface area (Å²) in [5.74, 6) is -0.992. The first-order chi connectivity index (χ1) is 65.7. The molecule has 8 heterocycles. The molecule has 0 saturated heterocycles. The van der Waals surface area contributed by atoms with Gasteiger partial charge in [-0.05, 0) is 182 Å². The maximum atomic E-state index is 13.3. The van der Waals surface area contributed by atoms with Crippen molar-refractivity contribution in [2.45, 2.75) is 117 Å². The molecule has 17 aromatic rings. The average molecular weight is 1900 g/mol. The molecule has 0 spiro atoms. The molecule has 136 heavy (non-hydrogen) atoms. The van der Waals surface area contributed by atoms with E-state index in [1.54, 1.807) is 250 Å². The van der Waals surface area contributed by atoms with Crippen molar-refractivity contribution in [1.29, 1.82) is 0 Å². The number of aryl methyl sites for hydroxylation is 1. The highest BCUT2D eigenvalue weighted by atomic mass is 32.2. The Morgan fingerprint density at radius 1 is 0.331 bits per heavy atom. The number of ether oxygens (including phenoxy) is 1. The second-order valence-corrected chi connectivity index (χ2v) is 38.1. The summed E-state index contributed by atoms with van der Waals surface area (Å²) in [6.45, 7) is 9.81. The number of aromatic nitrogens is 8. The van der Waals surface area contributed by atoms with E-state index in [2.05, 4.69) is 86.1 Å². The molecule has 4 amide bonds. The van der Waals surface area contributed by atoms with Crippen molar-refractivity contribution >= 4 is 141 Å². The van der Waals surface area contributed by atoms with Crippen LogP contribution in [0.2, 0.25) is 0 Å². The molecule has 29 nitrogen and oxygen atoms in total. The molecule has 0 bridgehead atoms. The third kappa shape index (κ3) is 23.8. The van der Waals surface area contributed by atoms with E-state index in [9.17, 15) is 52.8 Å². The zero-order valence-corrected chi connectivity index (χ0v) is 78.1. The van der Waals surface area contributed by atoms with E-state index < -0.39 is 46.0 Å². The molecule has 9 N–H and O–H groups in total. The Hall–Kier alpha value is -15.7. The summed E-state index contributed by atoms with van der Waals surface area (Å²) >= 11 is 0. The number of H-pyrrole nitrogens is 1. The van der Waals surface area contributed by atoms with Crippen LogP contribution in [0.25, 0.3) is 54.5 Å². The standard InChI is InChI=1S/C28H26N4O3S.C25H24N4O4S.2C25H24N4O3S/c1-2-21(18-22-17-20-9-3-5-13-24(20)30-22)31-28(33)23-12-4-6-14-25(23)32-36(34,35)26-15-7-10-19-11-8-16-29-27(19)26;1-3-20(18-13-14-23(33-2)27-16-18)28-25(30)19-10-4-5-11-21(19)29-34(31,32)22-12-6-8-17-9-7-15-26-24(17)22;1-3-21(19-14-13-17(2)27-16-19)28-25(30)20-10-4-5-11-22(20)29-33(31,32)23-12-6-8-18-9-7-15-26-24(18)23;1-2-20(16-18-8-6-14-26-17-18)28-25(30)21-11-3-4-12-22(21)29-33(31,32)23-13-5-9-19-10-7-15-27-24(19)23/h3-17,21,30,32H,2,18H2,1H3,(H,31,33);4-16,20,29H,3H2,1-2H3,(H,28,30);4-16,21,29H,3H2,1-2H3,(H,28,30);3-15,17,20,29H,2,16H2,1H3,(H,28,30). The van der Waals surface area contributed by atoms with Crippen LogP contribution < -0.4 is 44.9 Å². The molecule has 0 saturated carbocycles. The number of fused-ring (bicyclic) bond motifs is 5. The highest BCUT2D eigenvalue weighted by Gasteiger charge is 2.29. The largest absolute Gasteiger partial charge is 0.481 e. The van der Waals surface area contributed by atoms with Crippen LogP contribution in [-0.4, -0.2) is 116 Å². The summed E-state index contributed by atoms with van der Waals surface area (Å²) in [6.07, 6.45) is 17.0. The van der Waals surface area contributed by atoms with E-state index in [0.29, 0.717) is 75.2 Å². The molecular formula is C103H98N16O13S4. The lowest BCUT2D eigenvalue weighted by Gasteiger charge is -2.19. The lowest BCUT2D eigenvalue weighted by atomic mass is 10.0. The van der Waals surface area contributed by atoms with Crippen LogP contribution in [0.1, 0.15) is 135 Å². The molecule has 692 valence electrons. The van der Waals surface area contributed by atoms with Gasteiger partial charge in [0.1, 0.15) is 19.6 Å². The van der Waals surface area contributed by atoms with Crippen molar-refractivity contribution in [2.24, 2.45) is 0 Å². The van der Waals surface area contributed by atoms with Gasteiger partial charge in [-0.15, -0.1) is 0 Å². The lowest BCUT2D eigenvalue weighted by molar-refractivity contribution is 0.0928. The van der Waals surface area contributed by atoms with Crippen LogP contribution in [-0.2, 0) is 52.9 Å². The Morgan fingerprint density at radius 3 is 1.01 bits per heavy atom. The number of para-hydroxylation sites is 9. The number of pyridine rings is 7. The fourth-order valence-electron chi connectivity index (χ4n) is 15.2. The predicted molar refractivity (Wildman–Crippen MR) is 530 cm³/mol. The van der Waals surface area contributed by atoms with Crippen molar-refractivity contribution in [1.82, 2.24) is 61.1 Å². The number of nitrogens with one attached hydrogen (secondary N) is 9. The number of rotatable bonds is 31. The molecule has 0 radical (unpaired) electrons. The van der Waals surface area contributed by atoms with Crippen LogP contribution in [0.4, 0.5) is 22.7 Å². The molecule has 17 rings (SSSR count). The van der Waals surface area contributed by atoms with Gasteiger partial charge in [-0.2, -0.15) is 0 Å². The minimum absolute atomic E-state index is 0.0385. The maximum Gasteiger partial charge on any atom is 0.264 e.